The Morgan fingerprint density at radius 2 is 1.74 bits per heavy atom. The molecule has 0 saturated carbocycles. The van der Waals surface area contributed by atoms with Gasteiger partial charge < -0.3 is 18.9 Å². The van der Waals surface area contributed by atoms with Crippen molar-refractivity contribution < 1.29 is 18.9 Å². The van der Waals surface area contributed by atoms with Crippen molar-refractivity contribution in [2.45, 2.75) is 25.7 Å². The van der Waals surface area contributed by atoms with Gasteiger partial charge in [0.25, 0.3) is 0 Å². The van der Waals surface area contributed by atoms with Gasteiger partial charge in [-0.15, -0.1) is 0 Å². The monoisotopic (exact) mass is 520 g/mol. The second-order valence-electron chi connectivity index (χ2n) is 8.12. The Kier molecular flexibility index (Phi) is 5.77. The van der Waals surface area contributed by atoms with E-state index < -0.39 is 34.5 Å². The Hall–Kier alpha value is -3.58. The van der Waals surface area contributed by atoms with Crippen LogP contribution in [-0.4, -0.2) is 19.6 Å². The Balaban J connectivity index is 2.00. The third-order valence-electron chi connectivity index (χ3n) is 6.71. The van der Waals surface area contributed by atoms with Crippen LogP contribution in [0, 0.1) is 56.2 Å². The quantitative estimate of drug-likeness (QED) is 0.588. The maximum Gasteiger partial charge on any atom is 0.244 e. The largest absolute Gasteiger partial charge is 0.493 e. The maximum atomic E-state index is 10.4. The molecule has 34 heavy (non-hydrogen) atoms. The van der Waals surface area contributed by atoms with Gasteiger partial charge in [-0.2, -0.15) is 15.8 Å². The summed E-state index contributed by atoms with van der Waals surface area (Å²) >= 11 is 3.41. The first-order valence-corrected chi connectivity index (χ1v) is 11.4. The van der Waals surface area contributed by atoms with Crippen LogP contribution >= 0.6 is 15.9 Å². The van der Waals surface area contributed by atoms with Crippen LogP contribution in [0.1, 0.15) is 31.1 Å². The molecule has 8 nitrogen and oxygen atoms in total. The average molecular weight is 521 g/mol. The smallest absolute Gasteiger partial charge is 0.244 e. The molecule has 2 aromatic carbocycles. The van der Waals surface area contributed by atoms with Crippen molar-refractivity contribution in [3.8, 4) is 29.7 Å². The molecule has 0 aliphatic carbocycles. The van der Waals surface area contributed by atoms with Crippen LogP contribution < -0.4 is 9.47 Å². The van der Waals surface area contributed by atoms with Gasteiger partial charge in [0, 0.05) is 10.0 Å². The number of nitrogens with zero attached hydrogens (tertiary/aromatic N) is 3. The van der Waals surface area contributed by atoms with Gasteiger partial charge in [0.2, 0.25) is 17.1 Å². The summed E-state index contributed by atoms with van der Waals surface area (Å²) in [5.74, 6) is -1.98. The Labute approximate surface area is 205 Å². The van der Waals surface area contributed by atoms with Crippen molar-refractivity contribution in [2.24, 2.45) is 16.7 Å². The molecule has 4 atom stereocenters. The molecule has 2 aliphatic rings. The van der Waals surface area contributed by atoms with Crippen LogP contribution in [0.2, 0.25) is 0 Å². The topological polar surface area (TPSA) is 132 Å². The first-order valence-electron chi connectivity index (χ1n) is 10.6. The predicted molar refractivity (Wildman–Crippen MR) is 123 cm³/mol. The molecule has 1 N–H and O–H groups in total. The van der Waals surface area contributed by atoms with Crippen molar-refractivity contribution in [3.63, 3.8) is 0 Å². The summed E-state index contributed by atoms with van der Waals surface area (Å²) in [7, 11) is 1.48. The van der Waals surface area contributed by atoms with E-state index in [-0.39, 0.29) is 0 Å². The molecule has 2 fully saturated rings. The normalized spacial score (nSPS) is 28.7. The second kappa shape index (κ2) is 8.33. The zero-order chi connectivity index (χ0) is 24.7. The minimum Gasteiger partial charge on any atom is -0.493 e. The number of methoxy groups -OCH3 is 1. The van der Waals surface area contributed by atoms with Crippen LogP contribution in [0.3, 0.4) is 0 Å². The van der Waals surface area contributed by atoms with E-state index in [9.17, 15) is 15.8 Å². The first-order chi connectivity index (χ1) is 16.3. The van der Waals surface area contributed by atoms with Gasteiger partial charge in [-0.05, 0) is 36.8 Å². The van der Waals surface area contributed by atoms with E-state index in [2.05, 4.69) is 22.0 Å². The summed E-state index contributed by atoms with van der Waals surface area (Å²) in [6.45, 7) is 3.93. The Morgan fingerprint density at radius 3 is 2.29 bits per heavy atom. The number of fused-ring (bicyclic) bond motifs is 2. The van der Waals surface area contributed by atoms with Gasteiger partial charge in [-0.1, -0.05) is 41.1 Å². The van der Waals surface area contributed by atoms with E-state index in [1.54, 1.807) is 49.4 Å². The van der Waals surface area contributed by atoms with Crippen LogP contribution in [0.5, 0.6) is 11.5 Å². The molecule has 2 bridgehead atoms. The van der Waals surface area contributed by atoms with Crippen LogP contribution in [-0.2, 0) is 15.3 Å². The Bertz CT molecular complexity index is 1260. The fourth-order valence-corrected chi connectivity index (χ4v) is 5.24. The zero-order valence-corrected chi connectivity index (χ0v) is 20.3. The zero-order valence-electron chi connectivity index (χ0n) is 18.8. The van der Waals surface area contributed by atoms with E-state index in [1.165, 1.54) is 7.11 Å². The third-order valence-corrected chi connectivity index (χ3v) is 7.23. The molecule has 4 rings (SSSR count). The standard InChI is InChI=1S/C25H21BrN4O4/c1-4-32-19-10-5-16(11-20(19)31-3)21-23(12-27,13-28)24(14-29)15(2)25(33-21,34-22(24)30)17-6-8-18(26)9-7-17/h5-11,15,21,30H,4H2,1-3H3. The number of ether oxygens (including phenoxy) is 4. The molecule has 4 unspecified atom stereocenters. The molecule has 0 spiro atoms. The number of hydrogen-bond acceptors (Lipinski definition) is 8. The molecule has 0 amide bonds. The number of hydrogen-bond donors (Lipinski definition) is 1. The number of nitriles is 3. The van der Waals surface area contributed by atoms with Gasteiger partial charge in [0.15, 0.2) is 16.9 Å². The lowest BCUT2D eigenvalue weighted by atomic mass is 9.53. The average Bonchev–Trinajstić information content (AvgIpc) is 3.01. The molecule has 0 radical (unpaired) electrons. The highest BCUT2D eigenvalue weighted by atomic mass is 79.9. The lowest BCUT2D eigenvalue weighted by molar-refractivity contribution is -0.288. The number of rotatable bonds is 5. The van der Waals surface area contributed by atoms with Crippen molar-refractivity contribution in [3.05, 3.63) is 58.1 Å². The fourth-order valence-electron chi connectivity index (χ4n) is 4.97. The van der Waals surface area contributed by atoms with Gasteiger partial charge in [-0.3, -0.25) is 5.41 Å². The first kappa shape index (κ1) is 23.6. The Morgan fingerprint density at radius 1 is 1.06 bits per heavy atom. The summed E-state index contributed by atoms with van der Waals surface area (Å²) in [5.41, 5.74) is -2.95. The number of benzene rings is 2. The van der Waals surface area contributed by atoms with E-state index >= 15 is 0 Å². The summed E-state index contributed by atoms with van der Waals surface area (Å²) in [6.07, 6.45) is -1.23. The summed E-state index contributed by atoms with van der Waals surface area (Å²) in [6, 6.07) is 18.3. The van der Waals surface area contributed by atoms with Crippen molar-refractivity contribution in [1.82, 2.24) is 0 Å². The van der Waals surface area contributed by atoms with Crippen molar-refractivity contribution in [1.29, 1.82) is 21.2 Å². The summed E-state index contributed by atoms with van der Waals surface area (Å²) in [5, 5.41) is 39.8. The number of halogens is 1. The van der Waals surface area contributed by atoms with Crippen LogP contribution in [0.4, 0.5) is 0 Å². The molecule has 2 saturated heterocycles. The molecule has 2 heterocycles. The van der Waals surface area contributed by atoms with Gasteiger partial charge >= 0.3 is 0 Å². The van der Waals surface area contributed by atoms with E-state index in [0.29, 0.717) is 29.2 Å². The molecular formula is C25H21BrN4O4. The highest BCUT2D eigenvalue weighted by Crippen LogP contribution is 2.69. The van der Waals surface area contributed by atoms with Crippen LogP contribution in [0.25, 0.3) is 0 Å². The highest BCUT2D eigenvalue weighted by molar-refractivity contribution is 9.10. The molecule has 172 valence electrons. The minimum atomic E-state index is -2.06. The van der Waals surface area contributed by atoms with E-state index in [4.69, 9.17) is 24.4 Å². The SMILES string of the molecule is CCOc1ccc(C2OC3(c4ccc(Br)cc4)OC(=N)C(C#N)(C3C)C2(C#N)C#N)cc1OC. The van der Waals surface area contributed by atoms with Gasteiger partial charge in [-0.25, -0.2) is 0 Å². The lowest BCUT2D eigenvalue weighted by Crippen LogP contribution is -2.57. The predicted octanol–water partition coefficient (Wildman–Crippen LogP) is 4.97. The van der Waals surface area contributed by atoms with Gasteiger partial charge in [0.05, 0.1) is 37.8 Å². The molecule has 0 aromatic heterocycles. The second-order valence-corrected chi connectivity index (χ2v) is 9.04. The number of nitrogens with one attached hydrogen (secondary N) is 1. The van der Waals surface area contributed by atoms with Gasteiger partial charge in [0.1, 0.15) is 6.10 Å². The lowest BCUT2D eigenvalue weighted by Gasteiger charge is -2.48. The molecule has 2 aromatic rings. The summed E-state index contributed by atoms with van der Waals surface area (Å²) in [4.78, 5) is 0. The third kappa shape index (κ3) is 2.86. The van der Waals surface area contributed by atoms with Crippen LogP contribution in [0.15, 0.2) is 46.9 Å². The summed E-state index contributed by atoms with van der Waals surface area (Å²) < 4.78 is 24.4. The van der Waals surface area contributed by atoms with E-state index in [1.807, 2.05) is 19.1 Å². The van der Waals surface area contributed by atoms with Crippen molar-refractivity contribution >= 4 is 21.8 Å². The highest BCUT2D eigenvalue weighted by Gasteiger charge is 2.79. The molecular weight excluding hydrogens is 500 g/mol. The van der Waals surface area contributed by atoms with Crippen molar-refractivity contribution in [2.75, 3.05) is 13.7 Å². The minimum absolute atomic E-state index is 0.387. The maximum absolute atomic E-state index is 10.4. The fraction of sp³-hybridized carbons (Fsp3) is 0.360. The molecule has 9 heteroatoms. The molecule has 2 aliphatic heterocycles. The van der Waals surface area contributed by atoms with E-state index in [0.717, 1.165) is 4.47 Å².